The topological polar surface area (TPSA) is 83.8 Å². The van der Waals surface area contributed by atoms with E-state index in [1.807, 2.05) is 12.1 Å². The first-order chi connectivity index (χ1) is 11.8. The lowest BCUT2D eigenvalue weighted by Crippen LogP contribution is -2.08. The molecule has 0 aliphatic rings. The number of carbonyl (C=O) groups excluding carboxylic acids is 1. The minimum atomic E-state index is -4.37. The number of hydrogen-bond donors (Lipinski definition) is 3. The zero-order chi connectivity index (χ0) is 18.4. The van der Waals surface area contributed by atoms with Crippen molar-refractivity contribution in [3.05, 3.63) is 59.0 Å². The number of fused-ring (bicyclic) bond motifs is 1. The van der Waals surface area contributed by atoms with Crippen LogP contribution in [0.1, 0.15) is 11.3 Å². The first-order valence-electron chi connectivity index (χ1n) is 7.03. The minimum absolute atomic E-state index is 0.173. The summed E-state index contributed by atoms with van der Waals surface area (Å²) in [5, 5.41) is 4.49. The van der Waals surface area contributed by atoms with Crippen LogP contribution in [0.3, 0.4) is 0 Å². The molecule has 0 spiro atoms. The Morgan fingerprint density at radius 3 is 2.68 bits per heavy atom. The van der Waals surface area contributed by atoms with Crippen LogP contribution in [0.15, 0.2) is 42.7 Å². The summed E-state index contributed by atoms with van der Waals surface area (Å²) < 4.78 is 38.0. The molecule has 0 bridgehead atoms. The molecule has 9 heteroatoms. The summed E-state index contributed by atoms with van der Waals surface area (Å²) in [5.74, 6) is 0. The van der Waals surface area contributed by atoms with Gasteiger partial charge in [0.25, 0.3) is 0 Å². The van der Waals surface area contributed by atoms with Crippen LogP contribution in [0.2, 0.25) is 5.02 Å². The zero-order valence-corrected chi connectivity index (χ0v) is 13.5. The summed E-state index contributed by atoms with van der Waals surface area (Å²) in [7, 11) is 0. The van der Waals surface area contributed by atoms with Crippen molar-refractivity contribution in [2.45, 2.75) is 12.7 Å². The molecule has 0 aliphatic carbocycles. The van der Waals surface area contributed by atoms with Gasteiger partial charge in [0.1, 0.15) is 0 Å². The van der Waals surface area contributed by atoms with E-state index in [0.29, 0.717) is 16.4 Å². The number of benzene rings is 1. The predicted molar refractivity (Wildman–Crippen MR) is 90.1 cm³/mol. The van der Waals surface area contributed by atoms with Crippen LogP contribution >= 0.6 is 11.6 Å². The van der Waals surface area contributed by atoms with Gasteiger partial charge < -0.3 is 16.0 Å². The van der Waals surface area contributed by atoms with Crippen LogP contribution in [0.25, 0.3) is 10.9 Å². The Balaban J connectivity index is 0.000000701. The quantitative estimate of drug-likeness (QED) is 0.610. The molecule has 132 valence electrons. The van der Waals surface area contributed by atoms with Crippen molar-refractivity contribution in [3.63, 3.8) is 0 Å². The van der Waals surface area contributed by atoms with Gasteiger partial charge in [-0.2, -0.15) is 13.2 Å². The average molecular weight is 371 g/mol. The number of halogens is 4. The fraction of sp³-hybridized carbons (Fsp3) is 0.125. The second kappa shape index (κ2) is 7.89. The van der Waals surface area contributed by atoms with Crippen LogP contribution in [0.4, 0.5) is 18.9 Å². The Hall–Kier alpha value is -2.74. The molecule has 2 heterocycles. The number of pyridine rings is 1. The fourth-order valence-corrected chi connectivity index (χ4v) is 2.45. The van der Waals surface area contributed by atoms with E-state index in [2.05, 4.69) is 21.0 Å². The SMILES string of the molecule is FC(F)(F)c1ccnc(CNc2cc(Cl)c3cc[nH]c3c2)c1.NC=O. The highest BCUT2D eigenvalue weighted by Crippen LogP contribution is 2.30. The first-order valence-corrected chi connectivity index (χ1v) is 7.41. The summed E-state index contributed by atoms with van der Waals surface area (Å²) in [6, 6.07) is 7.41. The zero-order valence-electron chi connectivity index (χ0n) is 12.8. The largest absolute Gasteiger partial charge is 0.416 e. The van der Waals surface area contributed by atoms with E-state index in [0.717, 1.165) is 29.2 Å². The molecular weight excluding hydrogens is 357 g/mol. The Bertz CT molecular complexity index is 864. The molecule has 0 saturated heterocycles. The predicted octanol–water partition coefficient (Wildman–Crippen LogP) is 3.95. The number of alkyl halides is 3. The summed E-state index contributed by atoms with van der Waals surface area (Å²) in [6.07, 6.45) is -1.19. The van der Waals surface area contributed by atoms with Crippen LogP contribution in [0.5, 0.6) is 0 Å². The molecule has 1 amide bonds. The maximum Gasteiger partial charge on any atom is 0.416 e. The van der Waals surface area contributed by atoms with E-state index in [9.17, 15) is 13.2 Å². The number of hydrogen-bond acceptors (Lipinski definition) is 3. The average Bonchev–Trinajstić information content (AvgIpc) is 3.02. The van der Waals surface area contributed by atoms with Crippen molar-refractivity contribution in [2.75, 3.05) is 5.32 Å². The number of carbonyl (C=O) groups is 1. The van der Waals surface area contributed by atoms with Crippen LogP contribution in [-0.2, 0) is 17.5 Å². The second-order valence-electron chi connectivity index (χ2n) is 4.92. The smallest absolute Gasteiger partial charge is 0.379 e. The highest BCUT2D eigenvalue weighted by molar-refractivity contribution is 6.35. The van der Waals surface area contributed by atoms with Gasteiger partial charge in [0, 0.05) is 29.0 Å². The maximum absolute atomic E-state index is 12.7. The molecule has 3 rings (SSSR count). The highest BCUT2D eigenvalue weighted by Gasteiger charge is 2.30. The third-order valence-electron chi connectivity index (χ3n) is 3.24. The van der Waals surface area contributed by atoms with Gasteiger partial charge in [-0.3, -0.25) is 9.78 Å². The lowest BCUT2D eigenvalue weighted by molar-refractivity contribution is -0.137. The number of aromatic amines is 1. The summed E-state index contributed by atoms with van der Waals surface area (Å²) >= 11 is 6.15. The number of nitrogens with two attached hydrogens (primary N) is 1. The molecule has 0 radical (unpaired) electrons. The second-order valence-corrected chi connectivity index (χ2v) is 5.33. The molecule has 0 fully saturated rings. The van der Waals surface area contributed by atoms with Gasteiger partial charge in [-0.1, -0.05) is 11.6 Å². The van der Waals surface area contributed by atoms with E-state index in [1.165, 1.54) is 0 Å². The molecule has 1 aromatic carbocycles. The van der Waals surface area contributed by atoms with Gasteiger partial charge in [-0.15, -0.1) is 0 Å². The Morgan fingerprint density at radius 2 is 2.00 bits per heavy atom. The monoisotopic (exact) mass is 370 g/mol. The molecule has 0 unspecified atom stereocenters. The normalized spacial score (nSPS) is 10.9. The van der Waals surface area contributed by atoms with Crippen molar-refractivity contribution in [3.8, 4) is 0 Å². The number of nitrogens with one attached hydrogen (secondary N) is 2. The van der Waals surface area contributed by atoms with Crippen molar-refractivity contribution in [2.24, 2.45) is 5.73 Å². The van der Waals surface area contributed by atoms with Crippen molar-refractivity contribution < 1.29 is 18.0 Å². The number of anilines is 1. The molecule has 0 aliphatic heterocycles. The maximum atomic E-state index is 12.7. The molecule has 0 saturated carbocycles. The van der Waals surface area contributed by atoms with Gasteiger partial charge in [-0.05, 0) is 30.3 Å². The molecule has 5 nitrogen and oxygen atoms in total. The number of primary amides is 1. The van der Waals surface area contributed by atoms with Gasteiger partial charge >= 0.3 is 6.18 Å². The minimum Gasteiger partial charge on any atom is -0.379 e. The van der Waals surface area contributed by atoms with Crippen molar-refractivity contribution in [1.29, 1.82) is 0 Å². The molecule has 3 aromatic rings. The number of aromatic nitrogens is 2. The third-order valence-corrected chi connectivity index (χ3v) is 3.55. The van der Waals surface area contributed by atoms with Crippen LogP contribution in [0, 0.1) is 0 Å². The summed E-state index contributed by atoms with van der Waals surface area (Å²) in [5.41, 5.74) is 5.32. The van der Waals surface area contributed by atoms with E-state index in [4.69, 9.17) is 16.4 Å². The third kappa shape index (κ3) is 4.87. The number of amides is 1. The molecule has 25 heavy (non-hydrogen) atoms. The van der Waals surface area contributed by atoms with Crippen LogP contribution in [-0.4, -0.2) is 16.4 Å². The number of rotatable bonds is 3. The van der Waals surface area contributed by atoms with E-state index >= 15 is 0 Å². The summed E-state index contributed by atoms with van der Waals surface area (Å²) in [4.78, 5) is 15.6. The van der Waals surface area contributed by atoms with Gasteiger partial charge in [0.15, 0.2) is 0 Å². The Labute approximate surface area is 146 Å². The molecular formula is C16H14ClF3N4O. The Morgan fingerprint density at radius 1 is 1.28 bits per heavy atom. The van der Waals surface area contributed by atoms with Gasteiger partial charge in [0.2, 0.25) is 6.41 Å². The fourth-order valence-electron chi connectivity index (χ4n) is 2.17. The molecule has 2 aromatic heterocycles. The van der Waals surface area contributed by atoms with Gasteiger partial charge in [-0.25, -0.2) is 0 Å². The first kappa shape index (κ1) is 18.6. The van der Waals surface area contributed by atoms with Crippen molar-refractivity contribution in [1.82, 2.24) is 9.97 Å². The van der Waals surface area contributed by atoms with E-state index in [1.54, 1.807) is 12.3 Å². The lowest BCUT2D eigenvalue weighted by Gasteiger charge is -2.10. The standard InChI is InChI=1S/C15H11ClF3N3.CH3NO/c16-13-6-10(7-14-12(13)2-4-21-14)22-8-11-5-9(1-3-20-11)15(17,18)19;2-1-3/h1-7,21-22H,8H2;1H,(H2,2,3). The molecule has 4 N–H and O–H groups in total. The number of nitrogens with zero attached hydrogens (tertiary/aromatic N) is 1. The van der Waals surface area contributed by atoms with Crippen LogP contribution < -0.4 is 11.1 Å². The van der Waals surface area contributed by atoms with Gasteiger partial charge in [0.05, 0.1) is 22.8 Å². The molecule has 0 atom stereocenters. The highest BCUT2D eigenvalue weighted by atomic mass is 35.5. The van der Waals surface area contributed by atoms with Crippen molar-refractivity contribution >= 4 is 34.6 Å². The van der Waals surface area contributed by atoms with E-state index < -0.39 is 11.7 Å². The number of H-pyrrole nitrogens is 1. The summed E-state index contributed by atoms with van der Waals surface area (Å²) in [6.45, 7) is 0.173. The lowest BCUT2D eigenvalue weighted by atomic mass is 10.2. The Kier molecular flexibility index (Phi) is 5.87. The van der Waals surface area contributed by atoms with E-state index in [-0.39, 0.29) is 13.0 Å².